The van der Waals surface area contributed by atoms with Gasteiger partial charge in [-0.1, -0.05) is 0 Å². The molecule has 20 heavy (non-hydrogen) atoms. The minimum absolute atomic E-state index is 0.0223. The summed E-state index contributed by atoms with van der Waals surface area (Å²) in [6, 6.07) is 0. The summed E-state index contributed by atoms with van der Waals surface area (Å²) in [6.07, 6.45) is 1.20. The first-order chi connectivity index (χ1) is 9.12. The Bertz CT molecular complexity index is 392. The van der Waals surface area contributed by atoms with Crippen molar-refractivity contribution in [2.24, 2.45) is 5.92 Å². The van der Waals surface area contributed by atoms with Crippen molar-refractivity contribution in [1.29, 1.82) is 0 Å². The molecule has 2 amide bonds. The van der Waals surface area contributed by atoms with Gasteiger partial charge in [-0.25, -0.2) is 0 Å². The molecule has 6 nitrogen and oxygen atoms in total. The summed E-state index contributed by atoms with van der Waals surface area (Å²) in [5, 5.41) is 8.96. The second-order valence-corrected chi connectivity index (χ2v) is 6.27. The van der Waals surface area contributed by atoms with E-state index in [2.05, 4.69) is 0 Å². The smallest absolute Gasteiger partial charge is 0.323 e. The van der Waals surface area contributed by atoms with Crippen molar-refractivity contribution < 1.29 is 19.5 Å². The van der Waals surface area contributed by atoms with E-state index in [1.807, 2.05) is 20.8 Å². The van der Waals surface area contributed by atoms with Gasteiger partial charge in [0.25, 0.3) is 0 Å². The van der Waals surface area contributed by atoms with Gasteiger partial charge in [0.05, 0.1) is 0 Å². The van der Waals surface area contributed by atoms with Gasteiger partial charge in [0.15, 0.2) is 0 Å². The third kappa shape index (κ3) is 4.21. The maximum Gasteiger partial charge on any atom is 0.323 e. The van der Waals surface area contributed by atoms with Crippen molar-refractivity contribution in [2.75, 3.05) is 19.6 Å². The van der Waals surface area contributed by atoms with Crippen LogP contribution in [0.4, 0.5) is 0 Å². The van der Waals surface area contributed by atoms with E-state index in [-0.39, 0.29) is 24.3 Å². The zero-order chi connectivity index (χ0) is 15.5. The third-order valence-corrected chi connectivity index (χ3v) is 3.66. The van der Waals surface area contributed by atoms with E-state index in [9.17, 15) is 14.4 Å². The van der Waals surface area contributed by atoms with Gasteiger partial charge in [-0.2, -0.15) is 0 Å². The molecule has 1 fully saturated rings. The summed E-state index contributed by atoms with van der Waals surface area (Å²) in [5.74, 6) is -1.30. The largest absolute Gasteiger partial charge is 0.480 e. The zero-order valence-electron chi connectivity index (χ0n) is 12.7. The van der Waals surface area contributed by atoms with E-state index in [1.54, 1.807) is 4.90 Å². The molecule has 0 unspecified atom stereocenters. The van der Waals surface area contributed by atoms with Crippen molar-refractivity contribution in [1.82, 2.24) is 9.80 Å². The van der Waals surface area contributed by atoms with Crippen LogP contribution in [0.25, 0.3) is 0 Å². The molecule has 0 atom stereocenters. The number of piperidine rings is 1. The second kappa shape index (κ2) is 6.24. The molecule has 1 aliphatic heterocycles. The molecule has 0 saturated carbocycles. The SMILES string of the molecule is CC(=O)N1CCC(C(=O)N(CC(=O)O)C(C)(C)C)CC1. The van der Waals surface area contributed by atoms with Crippen LogP contribution in [0.3, 0.4) is 0 Å². The summed E-state index contributed by atoms with van der Waals surface area (Å²) in [5.41, 5.74) is -0.521. The number of amides is 2. The molecule has 1 N–H and O–H groups in total. The molecule has 1 saturated heterocycles. The lowest BCUT2D eigenvalue weighted by Gasteiger charge is -2.39. The number of carbonyl (C=O) groups excluding carboxylic acids is 2. The molecule has 0 spiro atoms. The molecule has 1 aliphatic rings. The summed E-state index contributed by atoms with van der Waals surface area (Å²) in [4.78, 5) is 37.9. The van der Waals surface area contributed by atoms with Gasteiger partial charge in [-0.05, 0) is 33.6 Å². The number of carboxylic acid groups (broad SMARTS) is 1. The van der Waals surface area contributed by atoms with Crippen LogP contribution >= 0.6 is 0 Å². The highest BCUT2D eigenvalue weighted by molar-refractivity contribution is 5.84. The van der Waals surface area contributed by atoms with Crippen LogP contribution in [0.5, 0.6) is 0 Å². The number of carboxylic acids is 1. The van der Waals surface area contributed by atoms with Crippen molar-refractivity contribution in [2.45, 2.75) is 46.1 Å². The number of carbonyl (C=O) groups is 3. The molecule has 0 bridgehead atoms. The summed E-state index contributed by atoms with van der Waals surface area (Å²) in [7, 11) is 0. The van der Waals surface area contributed by atoms with Gasteiger partial charge in [0.1, 0.15) is 6.54 Å². The van der Waals surface area contributed by atoms with Crippen LogP contribution in [-0.2, 0) is 14.4 Å². The van der Waals surface area contributed by atoms with E-state index < -0.39 is 11.5 Å². The number of hydrogen-bond donors (Lipinski definition) is 1. The normalized spacial score (nSPS) is 16.9. The van der Waals surface area contributed by atoms with E-state index in [0.29, 0.717) is 25.9 Å². The maximum atomic E-state index is 12.5. The fourth-order valence-corrected chi connectivity index (χ4v) is 2.44. The van der Waals surface area contributed by atoms with Gasteiger partial charge in [0.2, 0.25) is 11.8 Å². The highest BCUT2D eigenvalue weighted by Crippen LogP contribution is 2.24. The molecular weight excluding hydrogens is 260 g/mol. The first-order valence-electron chi connectivity index (χ1n) is 6.91. The third-order valence-electron chi connectivity index (χ3n) is 3.66. The Hall–Kier alpha value is -1.59. The second-order valence-electron chi connectivity index (χ2n) is 6.27. The summed E-state index contributed by atoms with van der Waals surface area (Å²) >= 11 is 0. The molecular formula is C14H24N2O4. The monoisotopic (exact) mass is 284 g/mol. The first-order valence-corrected chi connectivity index (χ1v) is 6.91. The highest BCUT2D eigenvalue weighted by Gasteiger charge is 2.35. The van der Waals surface area contributed by atoms with Crippen molar-refractivity contribution in [3.8, 4) is 0 Å². The fourth-order valence-electron chi connectivity index (χ4n) is 2.44. The van der Waals surface area contributed by atoms with Crippen LogP contribution in [0, 0.1) is 5.92 Å². The van der Waals surface area contributed by atoms with E-state index in [0.717, 1.165) is 0 Å². The fraction of sp³-hybridized carbons (Fsp3) is 0.786. The summed E-state index contributed by atoms with van der Waals surface area (Å²) in [6.45, 7) is 7.87. The average molecular weight is 284 g/mol. The van der Waals surface area contributed by atoms with Gasteiger partial charge in [-0.15, -0.1) is 0 Å². The lowest BCUT2D eigenvalue weighted by Crippen LogP contribution is -2.52. The van der Waals surface area contributed by atoms with Crippen LogP contribution in [0.15, 0.2) is 0 Å². The van der Waals surface area contributed by atoms with Crippen LogP contribution in [0.2, 0.25) is 0 Å². The minimum atomic E-state index is -1.01. The van der Waals surface area contributed by atoms with Gasteiger partial charge >= 0.3 is 5.97 Å². The number of nitrogens with zero attached hydrogens (tertiary/aromatic N) is 2. The lowest BCUT2D eigenvalue weighted by atomic mass is 9.93. The standard InChI is InChI=1S/C14H24N2O4/c1-10(17)15-7-5-11(6-8-15)13(20)16(9-12(18)19)14(2,3)4/h11H,5-9H2,1-4H3,(H,18,19). The Morgan fingerprint density at radius 2 is 1.70 bits per heavy atom. The maximum absolute atomic E-state index is 12.5. The Morgan fingerprint density at radius 1 is 1.20 bits per heavy atom. The van der Waals surface area contributed by atoms with Gasteiger partial charge in [0, 0.05) is 31.5 Å². The first kappa shape index (κ1) is 16.5. The molecule has 0 aromatic rings. The number of likely N-dealkylation sites (tertiary alicyclic amines) is 1. The zero-order valence-corrected chi connectivity index (χ0v) is 12.7. The molecule has 1 heterocycles. The Labute approximate surface area is 119 Å². The molecule has 0 aromatic heterocycles. The molecule has 1 rings (SSSR count). The number of aliphatic carboxylic acids is 1. The lowest BCUT2D eigenvalue weighted by molar-refractivity contribution is -0.152. The predicted molar refractivity (Wildman–Crippen MR) is 74.1 cm³/mol. The van der Waals surface area contributed by atoms with Crippen molar-refractivity contribution in [3.05, 3.63) is 0 Å². The van der Waals surface area contributed by atoms with Crippen molar-refractivity contribution >= 4 is 17.8 Å². The summed E-state index contributed by atoms with van der Waals surface area (Å²) < 4.78 is 0. The van der Waals surface area contributed by atoms with E-state index in [1.165, 1.54) is 11.8 Å². The van der Waals surface area contributed by atoms with Crippen LogP contribution < -0.4 is 0 Å². The number of hydrogen-bond acceptors (Lipinski definition) is 3. The molecule has 0 aliphatic carbocycles. The molecule has 0 radical (unpaired) electrons. The Balaban J connectivity index is 2.72. The molecule has 114 valence electrons. The quantitative estimate of drug-likeness (QED) is 0.837. The van der Waals surface area contributed by atoms with Crippen LogP contribution in [-0.4, -0.2) is 57.9 Å². The molecule has 6 heteroatoms. The Morgan fingerprint density at radius 3 is 2.05 bits per heavy atom. The van der Waals surface area contributed by atoms with Gasteiger partial charge in [-0.3, -0.25) is 14.4 Å². The van der Waals surface area contributed by atoms with Crippen molar-refractivity contribution in [3.63, 3.8) is 0 Å². The number of rotatable bonds is 3. The predicted octanol–water partition coefficient (Wildman–Crippen LogP) is 0.957. The minimum Gasteiger partial charge on any atom is -0.480 e. The van der Waals surface area contributed by atoms with E-state index in [4.69, 9.17) is 5.11 Å². The van der Waals surface area contributed by atoms with Gasteiger partial charge < -0.3 is 14.9 Å². The average Bonchev–Trinajstić information content (AvgIpc) is 2.33. The van der Waals surface area contributed by atoms with E-state index >= 15 is 0 Å². The Kier molecular flexibility index (Phi) is 5.14. The molecule has 0 aromatic carbocycles. The topological polar surface area (TPSA) is 77.9 Å². The van der Waals surface area contributed by atoms with Crippen LogP contribution in [0.1, 0.15) is 40.5 Å². The highest BCUT2D eigenvalue weighted by atomic mass is 16.4.